The van der Waals surface area contributed by atoms with E-state index in [0.29, 0.717) is 0 Å². The van der Waals surface area contributed by atoms with Crippen molar-refractivity contribution in [2.24, 2.45) is 0 Å². The Morgan fingerprint density at radius 1 is 0.643 bits per heavy atom. The second-order valence-electron chi connectivity index (χ2n) is 6.50. The van der Waals surface area contributed by atoms with Gasteiger partial charge in [0.25, 0.3) is 0 Å². The molecule has 0 bridgehead atoms. The molecule has 10 heteroatoms. The van der Waals surface area contributed by atoms with Crippen molar-refractivity contribution in [1.29, 1.82) is 0 Å². The average molecular weight is 182 g/mol. The molecular weight excluding hydrogens is 165 g/mol. The summed E-state index contributed by atoms with van der Waals surface area (Å²) in [5, 5.41) is 3.38. The van der Waals surface area contributed by atoms with Crippen LogP contribution in [0.3, 0.4) is 0 Å². The van der Waals surface area contributed by atoms with Crippen molar-refractivity contribution < 1.29 is 4.74 Å². The first kappa shape index (κ1) is 12.5. The molecule has 1 aliphatic rings. The predicted octanol–water partition coefficient (Wildman–Crippen LogP) is -8.71. The summed E-state index contributed by atoms with van der Waals surface area (Å²) >= 11 is 0. The van der Waals surface area contributed by atoms with Gasteiger partial charge in [0.15, 0.2) is 0 Å². The van der Waals surface area contributed by atoms with Crippen LogP contribution in [0.4, 0.5) is 0 Å². The highest BCUT2D eigenvalue weighted by atomic mass is 16.5. The highest BCUT2D eigenvalue weighted by Crippen LogP contribution is 2.31. The Bertz CT molecular complexity index is 200. The maximum absolute atomic E-state index is 6.23. The van der Waals surface area contributed by atoms with Crippen LogP contribution in [0.1, 0.15) is 0 Å². The number of morpholine rings is 1. The normalized spacial score (nSPS) is 32.0. The number of rotatable bonds is 0. The van der Waals surface area contributed by atoms with Crippen LogP contribution in [0.25, 0.3) is 0 Å². The molecule has 0 aromatic heterocycles. The molecule has 0 aromatic rings. The Kier molecular flexibility index (Phi) is 2.66. The van der Waals surface area contributed by atoms with Crippen molar-refractivity contribution in [1.82, 2.24) is 5.32 Å². The SMILES string of the molecule is BC1(B)NC(B)(B)C(B)(B)OC1(B)B. The molecule has 1 saturated heterocycles. The summed E-state index contributed by atoms with van der Waals surface area (Å²) < 4.78 is 6.23. The fraction of sp³-hybridized carbons (Fsp3) is 1.00. The molecule has 1 heterocycles. The lowest BCUT2D eigenvalue weighted by atomic mass is 9.31. The molecule has 0 aliphatic carbocycles. The van der Waals surface area contributed by atoms with E-state index in [9.17, 15) is 0 Å². The fourth-order valence-corrected chi connectivity index (χ4v) is 1.98. The first-order valence-corrected chi connectivity index (χ1v) is 5.41. The summed E-state index contributed by atoms with van der Waals surface area (Å²) in [6, 6.07) is 0. The van der Waals surface area contributed by atoms with Crippen LogP contribution in [0.2, 0.25) is 0 Å². The fourth-order valence-electron chi connectivity index (χ4n) is 1.98. The average Bonchev–Trinajstić information content (AvgIpc) is 1.78. The van der Waals surface area contributed by atoms with Crippen LogP contribution in [0.5, 0.6) is 0 Å². The van der Waals surface area contributed by atoms with E-state index in [1.54, 1.807) is 0 Å². The van der Waals surface area contributed by atoms with Gasteiger partial charge in [-0.15, -0.1) is 0 Å². The van der Waals surface area contributed by atoms with Crippen molar-refractivity contribution >= 4 is 62.8 Å². The second kappa shape index (κ2) is 2.97. The number of hydrogen-bond acceptors (Lipinski definition) is 2. The topological polar surface area (TPSA) is 21.3 Å². The number of nitrogens with one attached hydrogen (secondary N) is 1. The first-order valence-electron chi connectivity index (χ1n) is 5.41. The lowest BCUT2D eigenvalue weighted by Crippen LogP contribution is -2.85. The summed E-state index contributed by atoms with van der Waals surface area (Å²) in [7, 11) is 17.4. The summed E-state index contributed by atoms with van der Waals surface area (Å²) in [6.07, 6.45) is 0. The van der Waals surface area contributed by atoms with Gasteiger partial charge >= 0.3 is 0 Å². The van der Waals surface area contributed by atoms with Gasteiger partial charge in [0.1, 0.15) is 62.8 Å². The second-order valence-corrected chi connectivity index (χ2v) is 6.50. The smallest absolute Gasteiger partial charge is 0.132 e. The van der Waals surface area contributed by atoms with Gasteiger partial charge < -0.3 is 10.1 Å². The zero-order valence-corrected chi connectivity index (χ0v) is 10.9. The van der Waals surface area contributed by atoms with Gasteiger partial charge in [-0.05, 0) is 10.7 Å². The quantitative estimate of drug-likeness (QED) is 0.375. The predicted molar refractivity (Wildman–Crippen MR) is 83.5 cm³/mol. The molecule has 0 radical (unpaired) electrons. The molecule has 1 rings (SSSR count). The molecule has 68 valence electrons. The van der Waals surface area contributed by atoms with E-state index < -0.39 is 0 Å². The maximum atomic E-state index is 6.23. The highest BCUT2D eigenvalue weighted by Gasteiger charge is 2.53. The molecule has 0 saturated carbocycles. The molecule has 2 nitrogen and oxygen atoms in total. The van der Waals surface area contributed by atoms with Crippen molar-refractivity contribution in [3.63, 3.8) is 0 Å². The lowest BCUT2D eigenvalue weighted by molar-refractivity contribution is -0.0416. The van der Waals surface area contributed by atoms with Crippen molar-refractivity contribution in [3.05, 3.63) is 0 Å². The van der Waals surface area contributed by atoms with Gasteiger partial charge in [-0.1, -0.05) is 0 Å². The Morgan fingerprint density at radius 2 is 0.929 bits per heavy atom. The maximum Gasteiger partial charge on any atom is 0.132 e. The van der Waals surface area contributed by atoms with E-state index >= 15 is 0 Å². The van der Waals surface area contributed by atoms with Gasteiger partial charge in [-0.2, -0.15) is 0 Å². The minimum absolute atomic E-state index is 0.00792. The minimum Gasteiger partial charge on any atom is -0.403 e. The van der Waals surface area contributed by atoms with Gasteiger partial charge in [-0.3, -0.25) is 0 Å². The number of ether oxygens (including phenoxy) is 1. The van der Waals surface area contributed by atoms with E-state index in [2.05, 4.69) is 68.1 Å². The molecule has 0 atom stereocenters. The van der Waals surface area contributed by atoms with E-state index in [1.807, 2.05) is 0 Å². The molecule has 1 fully saturated rings. The highest BCUT2D eigenvalue weighted by molar-refractivity contribution is 6.59. The van der Waals surface area contributed by atoms with E-state index in [-0.39, 0.29) is 21.5 Å². The third kappa shape index (κ3) is 1.76. The minimum atomic E-state index is -0.147. The molecule has 0 aromatic carbocycles. The van der Waals surface area contributed by atoms with Gasteiger partial charge in [0.2, 0.25) is 0 Å². The largest absolute Gasteiger partial charge is 0.403 e. The Labute approximate surface area is 94.7 Å². The third-order valence-corrected chi connectivity index (χ3v) is 4.15. The molecule has 0 spiro atoms. The zero-order valence-electron chi connectivity index (χ0n) is 10.9. The summed E-state index contributed by atoms with van der Waals surface area (Å²) in [5.41, 5.74) is 0. The van der Waals surface area contributed by atoms with E-state index in [1.165, 1.54) is 0 Å². The zero-order chi connectivity index (χ0) is 11.4. The van der Waals surface area contributed by atoms with Gasteiger partial charge in [0, 0.05) is 10.8 Å². The van der Waals surface area contributed by atoms with Crippen LogP contribution >= 0.6 is 0 Å². The summed E-state index contributed by atoms with van der Waals surface area (Å²) in [5.74, 6) is 0. The molecule has 0 amide bonds. The van der Waals surface area contributed by atoms with Crippen LogP contribution < -0.4 is 5.32 Å². The van der Waals surface area contributed by atoms with Gasteiger partial charge in [0.05, 0.1) is 0 Å². The summed E-state index contributed by atoms with van der Waals surface area (Å²) in [4.78, 5) is 0. The molecular formula is C4H17B8NO. The third-order valence-electron chi connectivity index (χ3n) is 4.15. The molecule has 1 N–H and O–H groups in total. The number of hydrogen-bond donors (Lipinski definition) is 1. The Morgan fingerprint density at radius 3 is 1.14 bits per heavy atom. The standard InChI is InChI=1S/C4H17B8NO/c5-1(6)3(9,10)14-4(11,12)2(7,8)13-1/h13H,5-12H2. The first-order chi connectivity index (χ1) is 5.91. The van der Waals surface area contributed by atoms with Crippen molar-refractivity contribution in [2.45, 2.75) is 21.5 Å². The Hall–Kier alpha value is 0.439. The van der Waals surface area contributed by atoms with Gasteiger partial charge in [-0.25, -0.2) is 0 Å². The van der Waals surface area contributed by atoms with E-state index in [0.717, 1.165) is 0 Å². The van der Waals surface area contributed by atoms with Crippen LogP contribution in [-0.4, -0.2) is 84.2 Å². The van der Waals surface area contributed by atoms with Crippen LogP contribution in [0.15, 0.2) is 0 Å². The molecule has 14 heavy (non-hydrogen) atoms. The van der Waals surface area contributed by atoms with Crippen LogP contribution in [-0.2, 0) is 4.74 Å². The van der Waals surface area contributed by atoms with Crippen molar-refractivity contribution in [3.8, 4) is 0 Å². The lowest BCUT2D eigenvalue weighted by Gasteiger charge is -2.62. The van der Waals surface area contributed by atoms with Crippen molar-refractivity contribution in [2.75, 3.05) is 0 Å². The molecule has 0 unspecified atom stereocenters. The van der Waals surface area contributed by atoms with Crippen LogP contribution in [0, 0.1) is 0 Å². The Balaban J connectivity index is 3.07. The molecule has 1 aliphatic heterocycles. The monoisotopic (exact) mass is 183 g/mol. The summed E-state index contributed by atoms with van der Waals surface area (Å²) in [6.45, 7) is 0. The van der Waals surface area contributed by atoms with E-state index in [4.69, 9.17) is 4.74 Å².